The van der Waals surface area contributed by atoms with Crippen LogP contribution in [0.5, 0.6) is 5.75 Å². The predicted molar refractivity (Wildman–Crippen MR) is 85.8 cm³/mol. The lowest BCUT2D eigenvalue weighted by Crippen LogP contribution is -2.48. The van der Waals surface area contributed by atoms with Gasteiger partial charge in [-0.25, -0.2) is 0 Å². The van der Waals surface area contributed by atoms with Crippen LogP contribution in [0.1, 0.15) is 12.8 Å². The molecule has 1 aromatic rings. The zero-order chi connectivity index (χ0) is 16.2. The molecule has 2 aliphatic heterocycles. The summed E-state index contributed by atoms with van der Waals surface area (Å²) in [7, 11) is 1.56. The summed E-state index contributed by atoms with van der Waals surface area (Å²) in [5.74, 6) is 0.534. The van der Waals surface area contributed by atoms with Gasteiger partial charge in [-0.1, -0.05) is 0 Å². The fourth-order valence-electron chi connectivity index (χ4n) is 2.84. The van der Waals surface area contributed by atoms with E-state index in [-0.39, 0.29) is 17.9 Å². The highest BCUT2D eigenvalue weighted by atomic mass is 16.5. The first-order valence-electron chi connectivity index (χ1n) is 7.79. The quantitative estimate of drug-likeness (QED) is 0.856. The average Bonchev–Trinajstić information content (AvgIpc) is 3.01. The second kappa shape index (κ2) is 6.97. The number of anilines is 2. The summed E-state index contributed by atoms with van der Waals surface area (Å²) in [6.07, 6.45) is 1.42. The average molecular weight is 319 g/mol. The maximum absolute atomic E-state index is 12.2. The number of nitrogens with zero attached hydrogens (tertiary/aromatic N) is 1. The molecule has 0 spiro atoms. The first-order chi connectivity index (χ1) is 11.2. The topological polar surface area (TPSA) is 79.9 Å². The Balaban J connectivity index is 1.73. The summed E-state index contributed by atoms with van der Waals surface area (Å²) in [6, 6.07) is 4.98. The first-order valence-corrected chi connectivity index (χ1v) is 7.79. The Kier molecular flexibility index (Phi) is 4.78. The lowest BCUT2D eigenvalue weighted by molar-refractivity contribution is -0.121. The van der Waals surface area contributed by atoms with Crippen LogP contribution in [0.25, 0.3) is 0 Å². The Bertz CT molecular complexity index is 599. The summed E-state index contributed by atoms with van der Waals surface area (Å²) in [4.78, 5) is 25.8. The van der Waals surface area contributed by atoms with Crippen LogP contribution >= 0.6 is 0 Å². The molecule has 0 aliphatic carbocycles. The molecule has 0 bridgehead atoms. The minimum absolute atomic E-state index is 0.101. The first kappa shape index (κ1) is 15.8. The van der Waals surface area contributed by atoms with Gasteiger partial charge in [0, 0.05) is 31.3 Å². The Labute approximate surface area is 134 Å². The van der Waals surface area contributed by atoms with E-state index < -0.39 is 0 Å². The molecule has 2 aliphatic rings. The van der Waals surface area contributed by atoms with Crippen LogP contribution in [0, 0.1) is 0 Å². The number of methoxy groups -OCH3 is 1. The van der Waals surface area contributed by atoms with E-state index in [0.29, 0.717) is 44.2 Å². The van der Waals surface area contributed by atoms with Crippen molar-refractivity contribution in [3.05, 3.63) is 18.2 Å². The number of morpholine rings is 1. The van der Waals surface area contributed by atoms with Gasteiger partial charge in [-0.15, -0.1) is 0 Å². The van der Waals surface area contributed by atoms with E-state index in [2.05, 4.69) is 10.6 Å². The lowest BCUT2D eigenvalue weighted by Gasteiger charge is -2.23. The van der Waals surface area contributed by atoms with Gasteiger partial charge in [0.15, 0.2) is 0 Å². The molecule has 124 valence electrons. The molecule has 0 aromatic heterocycles. The van der Waals surface area contributed by atoms with Gasteiger partial charge in [0.25, 0.3) is 0 Å². The van der Waals surface area contributed by atoms with Crippen molar-refractivity contribution in [2.24, 2.45) is 0 Å². The van der Waals surface area contributed by atoms with Gasteiger partial charge in [-0.3, -0.25) is 9.59 Å². The SMILES string of the molecule is COc1cc(NC(=O)C2COCCN2)ccc1N1CCCC1=O. The van der Waals surface area contributed by atoms with Gasteiger partial charge in [-0.05, 0) is 18.6 Å². The molecular formula is C16H21N3O4. The van der Waals surface area contributed by atoms with Crippen molar-refractivity contribution in [1.82, 2.24) is 5.32 Å². The van der Waals surface area contributed by atoms with Crippen LogP contribution in [-0.4, -0.2) is 51.3 Å². The molecule has 1 atom stereocenters. The molecule has 3 rings (SSSR count). The Hall–Kier alpha value is -2.12. The van der Waals surface area contributed by atoms with E-state index in [1.165, 1.54) is 0 Å². The molecule has 7 heteroatoms. The van der Waals surface area contributed by atoms with Crippen molar-refractivity contribution in [2.45, 2.75) is 18.9 Å². The number of carbonyl (C=O) groups is 2. The van der Waals surface area contributed by atoms with Gasteiger partial charge in [0.1, 0.15) is 11.8 Å². The van der Waals surface area contributed by atoms with Gasteiger partial charge in [0.05, 0.1) is 26.0 Å². The van der Waals surface area contributed by atoms with Crippen LogP contribution < -0.4 is 20.3 Å². The molecule has 23 heavy (non-hydrogen) atoms. The molecule has 2 fully saturated rings. The van der Waals surface area contributed by atoms with E-state index >= 15 is 0 Å². The normalized spacial score (nSPS) is 21.3. The van der Waals surface area contributed by atoms with Crippen LogP contribution in [-0.2, 0) is 14.3 Å². The van der Waals surface area contributed by atoms with Crippen molar-refractivity contribution in [2.75, 3.05) is 43.6 Å². The maximum Gasteiger partial charge on any atom is 0.243 e. The van der Waals surface area contributed by atoms with Crippen LogP contribution in [0.15, 0.2) is 18.2 Å². The summed E-state index contributed by atoms with van der Waals surface area (Å²) in [6.45, 7) is 2.35. The summed E-state index contributed by atoms with van der Waals surface area (Å²) in [5, 5.41) is 5.96. The van der Waals surface area contributed by atoms with Crippen molar-refractivity contribution < 1.29 is 19.1 Å². The molecule has 1 unspecified atom stereocenters. The second-order valence-electron chi connectivity index (χ2n) is 5.61. The van der Waals surface area contributed by atoms with Gasteiger partial charge < -0.3 is 25.0 Å². The third kappa shape index (κ3) is 3.46. The van der Waals surface area contributed by atoms with E-state index in [1.54, 1.807) is 24.1 Å². The van der Waals surface area contributed by atoms with E-state index in [9.17, 15) is 9.59 Å². The second-order valence-corrected chi connectivity index (χ2v) is 5.61. The van der Waals surface area contributed by atoms with Gasteiger partial charge in [-0.2, -0.15) is 0 Å². The number of benzene rings is 1. The lowest BCUT2D eigenvalue weighted by atomic mass is 10.2. The van der Waals surface area contributed by atoms with Crippen molar-refractivity contribution in [3.8, 4) is 5.75 Å². The van der Waals surface area contributed by atoms with E-state index in [0.717, 1.165) is 12.1 Å². The summed E-state index contributed by atoms with van der Waals surface area (Å²) in [5.41, 5.74) is 1.38. The summed E-state index contributed by atoms with van der Waals surface area (Å²) >= 11 is 0. The van der Waals surface area contributed by atoms with Crippen LogP contribution in [0.4, 0.5) is 11.4 Å². The largest absolute Gasteiger partial charge is 0.494 e. The molecule has 2 saturated heterocycles. The van der Waals surface area contributed by atoms with Gasteiger partial charge in [0.2, 0.25) is 11.8 Å². The van der Waals surface area contributed by atoms with Crippen molar-refractivity contribution in [1.29, 1.82) is 0 Å². The number of rotatable bonds is 4. The molecule has 1 aromatic carbocycles. The molecule has 2 amide bonds. The third-order valence-corrected chi connectivity index (χ3v) is 4.05. The zero-order valence-corrected chi connectivity index (χ0v) is 13.1. The monoisotopic (exact) mass is 319 g/mol. The number of ether oxygens (including phenoxy) is 2. The number of carbonyl (C=O) groups excluding carboxylic acids is 2. The Morgan fingerprint density at radius 2 is 2.35 bits per heavy atom. The zero-order valence-electron chi connectivity index (χ0n) is 13.1. The highest BCUT2D eigenvalue weighted by Crippen LogP contribution is 2.33. The molecule has 0 saturated carbocycles. The number of hydrogen-bond donors (Lipinski definition) is 2. The van der Waals surface area contributed by atoms with Crippen molar-refractivity contribution >= 4 is 23.2 Å². The predicted octanol–water partition coefficient (Wildman–Crippen LogP) is 0.749. The maximum atomic E-state index is 12.2. The highest BCUT2D eigenvalue weighted by Gasteiger charge is 2.25. The fraction of sp³-hybridized carbons (Fsp3) is 0.500. The Morgan fingerprint density at radius 3 is 3.00 bits per heavy atom. The number of nitrogens with one attached hydrogen (secondary N) is 2. The van der Waals surface area contributed by atoms with E-state index in [4.69, 9.17) is 9.47 Å². The standard InChI is InChI=1S/C16H21N3O4/c1-22-14-9-11(18-16(21)12-10-23-8-6-17-12)4-5-13(14)19-7-2-3-15(19)20/h4-5,9,12,17H,2-3,6-8,10H2,1H3,(H,18,21). The minimum atomic E-state index is -0.352. The fourth-order valence-corrected chi connectivity index (χ4v) is 2.84. The number of hydrogen-bond acceptors (Lipinski definition) is 5. The van der Waals surface area contributed by atoms with E-state index in [1.807, 2.05) is 6.07 Å². The smallest absolute Gasteiger partial charge is 0.243 e. The van der Waals surface area contributed by atoms with Gasteiger partial charge >= 0.3 is 0 Å². The minimum Gasteiger partial charge on any atom is -0.494 e. The molecule has 2 heterocycles. The van der Waals surface area contributed by atoms with Crippen LogP contribution in [0.3, 0.4) is 0 Å². The molecule has 2 N–H and O–H groups in total. The number of amides is 2. The molecular weight excluding hydrogens is 298 g/mol. The highest BCUT2D eigenvalue weighted by molar-refractivity contribution is 5.98. The molecule has 7 nitrogen and oxygen atoms in total. The molecule has 0 radical (unpaired) electrons. The van der Waals surface area contributed by atoms with Crippen molar-refractivity contribution in [3.63, 3.8) is 0 Å². The van der Waals surface area contributed by atoms with Crippen LogP contribution in [0.2, 0.25) is 0 Å². The Morgan fingerprint density at radius 1 is 1.48 bits per heavy atom. The summed E-state index contributed by atoms with van der Waals surface area (Å²) < 4.78 is 10.7. The third-order valence-electron chi connectivity index (χ3n) is 4.05.